The first-order valence-corrected chi connectivity index (χ1v) is 8.55. The Labute approximate surface area is 161 Å². The molecule has 11 heteroatoms. The molecule has 0 saturated heterocycles. The van der Waals surface area contributed by atoms with Crippen molar-refractivity contribution in [1.82, 2.24) is 4.98 Å². The summed E-state index contributed by atoms with van der Waals surface area (Å²) in [5.74, 6) is 0. The van der Waals surface area contributed by atoms with Gasteiger partial charge in [-0.05, 0) is 18.2 Å². The van der Waals surface area contributed by atoms with Gasteiger partial charge in [-0.2, -0.15) is 10.4 Å². The van der Waals surface area contributed by atoms with Crippen LogP contribution in [0.3, 0.4) is 0 Å². The zero-order chi connectivity index (χ0) is 20.1. The first-order valence-electron chi connectivity index (χ1n) is 7.67. The zero-order valence-electron chi connectivity index (χ0n) is 14.0. The highest BCUT2D eigenvalue weighted by Gasteiger charge is 2.14. The van der Waals surface area contributed by atoms with E-state index in [1.54, 1.807) is 23.6 Å². The fourth-order valence-corrected chi connectivity index (χ4v) is 3.00. The molecule has 0 unspecified atom stereocenters. The van der Waals surface area contributed by atoms with Gasteiger partial charge in [-0.15, -0.1) is 11.3 Å². The molecule has 1 aromatic heterocycles. The maximum Gasteiger partial charge on any atom is 0.294 e. The predicted molar refractivity (Wildman–Crippen MR) is 103 cm³/mol. The van der Waals surface area contributed by atoms with E-state index in [0.717, 1.165) is 11.3 Å². The first kappa shape index (κ1) is 18.6. The Kier molecular flexibility index (Phi) is 5.33. The Balaban J connectivity index is 1.84. The lowest BCUT2D eigenvalue weighted by Gasteiger charge is -2.01. The molecule has 3 rings (SSSR count). The van der Waals surface area contributed by atoms with Crippen molar-refractivity contribution in [2.45, 2.75) is 0 Å². The number of nitriles is 1. The van der Waals surface area contributed by atoms with Gasteiger partial charge < -0.3 is 0 Å². The number of aromatic nitrogens is 1. The molecule has 138 valence electrons. The maximum absolute atomic E-state index is 11.0. The van der Waals surface area contributed by atoms with Crippen LogP contribution >= 0.6 is 11.3 Å². The second-order valence-electron chi connectivity index (χ2n) is 5.30. The molecule has 0 atom stereocenters. The van der Waals surface area contributed by atoms with Crippen LogP contribution < -0.4 is 5.43 Å². The first-order chi connectivity index (χ1) is 13.5. The van der Waals surface area contributed by atoms with Crippen molar-refractivity contribution < 1.29 is 9.85 Å². The highest BCUT2D eigenvalue weighted by Crippen LogP contribution is 2.26. The second kappa shape index (κ2) is 8.02. The van der Waals surface area contributed by atoms with E-state index in [4.69, 9.17) is 0 Å². The summed E-state index contributed by atoms with van der Waals surface area (Å²) >= 11 is 1.16. The van der Waals surface area contributed by atoms with Gasteiger partial charge in [-0.25, -0.2) is 4.98 Å². The lowest BCUT2D eigenvalue weighted by molar-refractivity contribution is -0.384. The minimum absolute atomic E-state index is 0.0351. The Hall–Kier alpha value is -4.17. The molecule has 0 fully saturated rings. The Morgan fingerprint density at radius 1 is 1.11 bits per heavy atom. The van der Waals surface area contributed by atoms with Crippen LogP contribution in [0.1, 0.15) is 5.01 Å². The van der Waals surface area contributed by atoms with Crippen LogP contribution in [0.4, 0.5) is 17.1 Å². The lowest BCUT2D eigenvalue weighted by Crippen LogP contribution is -2.03. The Morgan fingerprint density at radius 2 is 1.82 bits per heavy atom. The molecule has 0 aliphatic rings. The largest absolute Gasteiger partial charge is 0.294 e. The molecule has 0 bridgehead atoms. The average molecular weight is 394 g/mol. The molecule has 0 aliphatic heterocycles. The molecular weight excluding hydrogens is 384 g/mol. The maximum atomic E-state index is 11.0. The summed E-state index contributed by atoms with van der Waals surface area (Å²) in [4.78, 5) is 25.0. The molecule has 1 N–H and O–H groups in total. The van der Waals surface area contributed by atoms with Crippen molar-refractivity contribution in [3.8, 4) is 17.3 Å². The summed E-state index contributed by atoms with van der Waals surface area (Å²) in [6.45, 7) is 0. The van der Waals surface area contributed by atoms with Crippen LogP contribution in [0.15, 0.2) is 59.0 Å². The Bertz CT molecular complexity index is 1120. The van der Waals surface area contributed by atoms with Gasteiger partial charge in [-0.3, -0.25) is 25.7 Å². The fraction of sp³-hybridized carbons (Fsp3) is 0. The highest BCUT2D eigenvalue weighted by molar-refractivity contribution is 7.12. The van der Waals surface area contributed by atoms with E-state index in [0.29, 0.717) is 16.3 Å². The van der Waals surface area contributed by atoms with Gasteiger partial charge in [-0.1, -0.05) is 12.1 Å². The number of para-hydroxylation sites is 2. The van der Waals surface area contributed by atoms with Crippen LogP contribution in [-0.2, 0) is 0 Å². The predicted octanol–water partition coefficient (Wildman–Crippen LogP) is 3.97. The molecule has 0 radical (unpaired) electrons. The van der Waals surface area contributed by atoms with Gasteiger partial charge in [0.05, 0.1) is 15.5 Å². The van der Waals surface area contributed by atoms with Crippen LogP contribution in [-0.4, -0.2) is 20.5 Å². The summed E-state index contributed by atoms with van der Waals surface area (Å²) in [6.07, 6.45) is 0. The summed E-state index contributed by atoms with van der Waals surface area (Å²) < 4.78 is 0. The lowest BCUT2D eigenvalue weighted by atomic mass is 10.1. The standard InChI is InChI=1S/C17H10N6O4S/c18-9-14(21-20-13-3-1-2-4-16(13)23(26)27)17-19-15(10-28-17)11-5-7-12(8-6-11)22(24)25/h1-8,10,20H/b21-14-. The SMILES string of the molecule is N#C/C(=N/Nc1ccccc1[N+](=O)[O-])c1nc(-c2ccc([N+](=O)[O-])cc2)cs1. The van der Waals surface area contributed by atoms with Crippen molar-refractivity contribution in [2.24, 2.45) is 5.10 Å². The smallest absolute Gasteiger partial charge is 0.270 e. The third-order valence-electron chi connectivity index (χ3n) is 3.58. The Morgan fingerprint density at radius 3 is 2.46 bits per heavy atom. The van der Waals surface area contributed by atoms with Gasteiger partial charge in [0, 0.05) is 29.1 Å². The van der Waals surface area contributed by atoms with E-state index in [9.17, 15) is 25.5 Å². The van der Waals surface area contributed by atoms with Crippen LogP contribution in [0.5, 0.6) is 0 Å². The number of nitrogens with zero attached hydrogens (tertiary/aromatic N) is 5. The molecule has 0 spiro atoms. The van der Waals surface area contributed by atoms with E-state index in [1.807, 2.05) is 6.07 Å². The molecule has 28 heavy (non-hydrogen) atoms. The summed E-state index contributed by atoms with van der Waals surface area (Å²) in [5.41, 5.74) is 3.60. The number of nitrogens with one attached hydrogen (secondary N) is 1. The normalized spacial score (nSPS) is 10.9. The molecule has 1 heterocycles. The van der Waals surface area contributed by atoms with Crippen molar-refractivity contribution in [3.63, 3.8) is 0 Å². The van der Waals surface area contributed by atoms with E-state index in [2.05, 4.69) is 15.5 Å². The molecule has 3 aromatic rings. The van der Waals surface area contributed by atoms with Crippen LogP contribution in [0, 0.1) is 31.6 Å². The highest BCUT2D eigenvalue weighted by atomic mass is 32.1. The number of hydrogen-bond acceptors (Lipinski definition) is 9. The van der Waals surface area contributed by atoms with E-state index < -0.39 is 9.85 Å². The van der Waals surface area contributed by atoms with Gasteiger partial charge in [0.1, 0.15) is 11.8 Å². The zero-order valence-corrected chi connectivity index (χ0v) is 14.8. The minimum atomic E-state index is -0.556. The van der Waals surface area contributed by atoms with Gasteiger partial charge in [0.15, 0.2) is 10.7 Å². The van der Waals surface area contributed by atoms with E-state index in [1.165, 1.54) is 30.3 Å². The summed E-state index contributed by atoms with van der Waals surface area (Å²) in [5, 5.41) is 37.0. The summed E-state index contributed by atoms with van der Waals surface area (Å²) in [6, 6.07) is 13.7. The molecule has 0 amide bonds. The number of non-ortho nitro benzene ring substituents is 1. The average Bonchev–Trinajstić information content (AvgIpc) is 3.19. The van der Waals surface area contributed by atoms with Crippen molar-refractivity contribution in [1.29, 1.82) is 5.26 Å². The molecule has 10 nitrogen and oxygen atoms in total. The molecule has 0 saturated carbocycles. The third kappa shape index (κ3) is 3.97. The number of nitro benzene ring substituents is 2. The minimum Gasteiger partial charge on any atom is -0.270 e. The number of hydrazone groups is 1. The van der Waals surface area contributed by atoms with Crippen LogP contribution in [0.2, 0.25) is 0 Å². The van der Waals surface area contributed by atoms with Gasteiger partial charge in [0.25, 0.3) is 11.4 Å². The van der Waals surface area contributed by atoms with E-state index in [-0.39, 0.29) is 22.8 Å². The monoisotopic (exact) mass is 394 g/mol. The number of thiazole rings is 1. The number of anilines is 1. The number of hydrogen-bond donors (Lipinski definition) is 1. The second-order valence-corrected chi connectivity index (χ2v) is 6.16. The molecular formula is C17H10N6O4S. The van der Waals surface area contributed by atoms with Crippen molar-refractivity contribution in [3.05, 3.63) is 79.1 Å². The number of rotatable bonds is 6. The van der Waals surface area contributed by atoms with Crippen LogP contribution in [0.25, 0.3) is 11.3 Å². The molecule has 0 aliphatic carbocycles. The van der Waals surface area contributed by atoms with E-state index >= 15 is 0 Å². The van der Waals surface area contributed by atoms with Crippen molar-refractivity contribution in [2.75, 3.05) is 5.43 Å². The summed E-state index contributed by atoms with van der Waals surface area (Å²) in [7, 11) is 0. The molecule has 2 aromatic carbocycles. The van der Waals surface area contributed by atoms with Crippen molar-refractivity contribution >= 4 is 34.1 Å². The quantitative estimate of drug-likeness (QED) is 0.378. The number of benzene rings is 2. The van der Waals surface area contributed by atoms with Gasteiger partial charge >= 0.3 is 0 Å². The fourth-order valence-electron chi connectivity index (χ4n) is 2.23. The third-order valence-corrected chi connectivity index (χ3v) is 4.42. The topological polar surface area (TPSA) is 147 Å². The van der Waals surface area contributed by atoms with Gasteiger partial charge in [0.2, 0.25) is 0 Å². The number of nitro groups is 2.